The summed E-state index contributed by atoms with van der Waals surface area (Å²) in [5.41, 5.74) is 1.06. The number of carbonyl (C=O) groups is 1. The van der Waals surface area contributed by atoms with Gasteiger partial charge in [0.2, 0.25) is 5.28 Å². The lowest BCUT2D eigenvalue weighted by molar-refractivity contribution is -0.115. The van der Waals surface area contributed by atoms with Crippen molar-refractivity contribution in [2.75, 3.05) is 11.5 Å². The lowest BCUT2D eigenvalue weighted by Gasteiger charge is -2.26. The summed E-state index contributed by atoms with van der Waals surface area (Å²) in [6.45, 7) is 0.426. The second kappa shape index (κ2) is 5.56. The molecule has 2 heterocycles. The lowest BCUT2D eigenvalue weighted by atomic mass is 10.1. The number of carbonyl (C=O) groups excluding carboxylic acids is 1. The minimum Gasteiger partial charge on any atom is -0.349 e. The van der Waals surface area contributed by atoms with E-state index in [0.717, 1.165) is 11.8 Å². The molecule has 1 aliphatic heterocycles. The van der Waals surface area contributed by atoms with Gasteiger partial charge in [0.25, 0.3) is 0 Å². The van der Waals surface area contributed by atoms with Crippen molar-refractivity contribution in [1.82, 2.24) is 9.97 Å². The van der Waals surface area contributed by atoms with Crippen LogP contribution in [0.2, 0.25) is 5.28 Å². The quantitative estimate of drug-likeness (QED) is 0.641. The maximum absolute atomic E-state index is 11.2. The molecule has 6 heteroatoms. The van der Waals surface area contributed by atoms with Crippen molar-refractivity contribution in [3.05, 3.63) is 53.4 Å². The van der Waals surface area contributed by atoms with Crippen LogP contribution in [0.4, 0.5) is 5.82 Å². The van der Waals surface area contributed by atoms with Gasteiger partial charge < -0.3 is 9.64 Å². The number of halogens is 1. The van der Waals surface area contributed by atoms with E-state index < -0.39 is 6.23 Å². The Morgan fingerprint density at radius 1 is 1.30 bits per heavy atom. The average Bonchev–Trinajstić information content (AvgIpc) is 2.92. The Labute approximate surface area is 121 Å². The van der Waals surface area contributed by atoms with E-state index in [1.807, 2.05) is 35.2 Å². The molecule has 5 nitrogen and oxygen atoms in total. The highest BCUT2D eigenvalue weighted by Gasteiger charge is 2.36. The van der Waals surface area contributed by atoms with Gasteiger partial charge in [0.1, 0.15) is 5.82 Å². The molecule has 1 fully saturated rings. The van der Waals surface area contributed by atoms with E-state index in [1.165, 1.54) is 0 Å². The van der Waals surface area contributed by atoms with Gasteiger partial charge in [-0.15, -0.1) is 0 Å². The zero-order valence-electron chi connectivity index (χ0n) is 10.5. The summed E-state index contributed by atoms with van der Waals surface area (Å²) < 4.78 is 5.53. The Kier molecular flexibility index (Phi) is 3.62. The smallest absolute Gasteiger partial charge is 0.224 e. The molecule has 0 saturated carbocycles. The Balaban J connectivity index is 2.00. The van der Waals surface area contributed by atoms with Crippen LogP contribution in [0.1, 0.15) is 11.6 Å². The van der Waals surface area contributed by atoms with Crippen LogP contribution in [0.3, 0.4) is 0 Å². The molecule has 1 aliphatic rings. The average molecular weight is 290 g/mol. The number of ether oxygens (including phenoxy) is 1. The molecule has 102 valence electrons. The van der Waals surface area contributed by atoms with E-state index in [4.69, 9.17) is 16.3 Å². The Bertz CT molecular complexity index is 608. The van der Waals surface area contributed by atoms with E-state index in [2.05, 4.69) is 9.97 Å². The molecular formula is C14H12ClN3O2. The van der Waals surface area contributed by atoms with Gasteiger partial charge in [-0.25, -0.2) is 9.97 Å². The van der Waals surface area contributed by atoms with Crippen molar-refractivity contribution >= 4 is 23.7 Å². The Morgan fingerprint density at radius 2 is 2.10 bits per heavy atom. The minimum absolute atomic E-state index is 0.0719. The number of benzene rings is 1. The van der Waals surface area contributed by atoms with Gasteiger partial charge >= 0.3 is 0 Å². The van der Waals surface area contributed by atoms with Crippen molar-refractivity contribution in [3.63, 3.8) is 0 Å². The molecule has 0 N–H and O–H groups in total. The van der Waals surface area contributed by atoms with Crippen LogP contribution in [0, 0.1) is 0 Å². The normalized spacial score (nSPS) is 21.9. The number of hydrogen-bond donors (Lipinski definition) is 0. The van der Waals surface area contributed by atoms with Crippen molar-refractivity contribution in [2.45, 2.75) is 12.3 Å². The van der Waals surface area contributed by atoms with Gasteiger partial charge in [0.05, 0.1) is 12.6 Å². The standard InChI is InChI=1S/C14H12ClN3O2/c15-14-16-7-6-12(17-14)18-11(9-20-13(18)8-19)10-4-2-1-3-5-10/h1-8,11,13H,9H2/t11-,13?/m1/s1. The maximum Gasteiger partial charge on any atom is 0.224 e. The molecule has 2 aromatic rings. The third-order valence-corrected chi connectivity index (χ3v) is 3.39. The summed E-state index contributed by atoms with van der Waals surface area (Å²) in [5, 5.41) is 0.144. The highest BCUT2D eigenvalue weighted by atomic mass is 35.5. The molecule has 3 rings (SSSR count). The fourth-order valence-electron chi connectivity index (χ4n) is 2.32. The van der Waals surface area contributed by atoms with Crippen molar-refractivity contribution in [3.8, 4) is 0 Å². The van der Waals surface area contributed by atoms with Gasteiger partial charge in [-0.1, -0.05) is 30.3 Å². The molecule has 0 aliphatic carbocycles. The van der Waals surface area contributed by atoms with Crippen LogP contribution in [0.25, 0.3) is 0 Å². The zero-order chi connectivity index (χ0) is 13.9. The third kappa shape index (κ3) is 2.37. The minimum atomic E-state index is -0.661. The monoisotopic (exact) mass is 289 g/mol. The number of aldehydes is 1. The molecule has 0 bridgehead atoms. The lowest BCUT2D eigenvalue weighted by Crippen LogP contribution is -2.34. The first-order valence-corrected chi connectivity index (χ1v) is 6.56. The van der Waals surface area contributed by atoms with Gasteiger partial charge in [-0.2, -0.15) is 0 Å². The molecule has 20 heavy (non-hydrogen) atoms. The number of nitrogens with zero attached hydrogens (tertiary/aromatic N) is 3. The molecule has 1 aromatic carbocycles. The predicted octanol–water partition coefficient (Wildman–Crippen LogP) is 2.23. The Hall–Kier alpha value is -1.98. The first kappa shape index (κ1) is 13.0. The number of anilines is 1. The first-order valence-electron chi connectivity index (χ1n) is 6.18. The van der Waals surface area contributed by atoms with Crippen LogP contribution in [0.5, 0.6) is 0 Å². The predicted molar refractivity (Wildman–Crippen MR) is 74.5 cm³/mol. The SMILES string of the molecule is O=CC1OC[C@H](c2ccccc2)N1c1ccnc(Cl)n1. The molecule has 0 amide bonds. The van der Waals surface area contributed by atoms with Gasteiger partial charge in [-0.05, 0) is 23.2 Å². The molecule has 0 spiro atoms. The highest BCUT2D eigenvalue weighted by molar-refractivity contribution is 6.28. The third-order valence-electron chi connectivity index (χ3n) is 3.21. The van der Waals surface area contributed by atoms with Crippen molar-refractivity contribution < 1.29 is 9.53 Å². The molecule has 2 atom stereocenters. The summed E-state index contributed by atoms with van der Waals surface area (Å²) in [6.07, 6.45) is 1.66. The fourth-order valence-corrected chi connectivity index (χ4v) is 2.47. The second-order valence-electron chi connectivity index (χ2n) is 4.38. The molecule has 0 radical (unpaired) electrons. The maximum atomic E-state index is 11.2. The van der Waals surface area contributed by atoms with Gasteiger partial charge in [0.15, 0.2) is 12.5 Å². The Morgan fingerprint density at radius 3 is 2.80 bits per heavy atom. The second-order valence-corrected chi connectivity index (χ2v) is 4.72. The number of aromatic nitrogens is 2. The molecule has 1 unspecified atom stereocenters. The topological polar surface area (TPSA) is 55.3 Å². The number of rotatable bonds is 3. The van der Waals surface area contributed by atoms with E-state index in [1.54, 1.807) is 12.3 Å². The summed E-state index contributed by atoms with van der Waals surface area (Å²) in [6, 6.07) is 11.5. The van der Waals surface area contributed by atoms with Crippen LogP contribution < -0.4 is 4.90 Å². The summed E-state index contributed by atoms with van der Waals surface area (Å²) in [7, 11) is 0. The van der Waals surface area contributed by atoms with E-state index in [9.17, 15) is 4.79 Å². The molecular weight excluding hydrogens is 278 g/mol. The van der Waals surface area contributed by atoms with Crippen LogP contribution in [-0.2, 0) is 9.53 Å². The van der Waals surface area contributed by atoms with E-state index in [-0.39, 0.29) is 11.3 Å². The van der Waals surface area contributed by atoms with Crippen molar-refractivity contribution in [1.29, 1.82) is 0 Å². The van der Waals surface area contributed by atoms with Gasteiger partial charge in [-0.3, -0.25) is 4.79 Å². The van der Waals surface area contributed by atoms with E-state index >= 15 is 0 Å². The highest BCUT2D eigenvalue weighted by Crippen LogP contribution is 2.33. The molecule has 1 aromatic heterocycles. The fraction of sp³-hybridized carbons (Fsp3) is 0.214. The summed E-state index contributed by atoms with van der Waals surface area (Å²) in [5.74, 6) is 0.577. The summed E-state index contributed by atoms with van der Waals surface area (Å²) in [4.78, 5) is 21.1. The molecule has 1 saturated heterocycles. The largest absolute Gasteiger partial charge is 0.349 e. The van der Waals surface area contributed by atoms with Crippen LogP contribution in [0.15, 0.2) is 42.6 Å². The summed E-state index contributed by atoms with van der Waals surface area (Å²) >= 11 is 5.83. The van der Waals surface area contributed by atoms with Gasteiger partial charge in [0, 0.05) is 6.20 Å². The zero-order valence-corrected chi connectivity index (χ0v) is 11.3. The van der Waals surface area contributed by atoms with Crippen LogP contribution >= 0.6 is 11.6 Å². The first-order chi connectivity index (χ1) is 9.79. The van der Waals surface area contributed by atoms with Crippen LogP contribution in [-0.4, -0.2) is 29.1 Å². The number of hydrogen-bond acceptors (Lipinski definition) is 5. The van der Waals surface area contributed by atoms with E-state index in [0.29, 0.717) is 12.4 Å². The van der Waals surface area contributed by atoms with Crippen molar-refractivity contribution in [2.24, 2.45) is 0 Å².